The maximum atomic E-state index is 13.5. The molecule has 2 heterocycles. The minimum atomic E-state index is -2.68. The molecule has 4 aliphatic rings. The Kier molecular flexibility index (Phi) is 10.4. The van der Waals surface area contributed by atoms with Gasteiger partial charge < -0.3 is 35.8 Å². The van der Waals surface area contributed by atoms with Crippen molar-refractivity contribution in [3.63, 3.8) is 0 Å². The fourth-order valence-electron chi connectivity index (χ4n) is 6.94. The zero-order chi connectivity index (χ0) is 34.7. The highest BCUT2D eigenvalue weighted by molar-refractivity contribution is 8.01. The SMILES string of the molecule is NC(O)(CCC(=O)NC(CSC12C=CC3(CCCCCC1)CC(Cc1ccncc1)=CC1C(=O)OC2=C13)C(=O)NC(O)C(=O)O)C(=O)O. The fraction of sp³-hybridized carbons (Fsp3) is 0.515. The summed E-state index contributed by atoms with van der Waals surface area (Å²) in [7, 11) is 0. The summed E-state index contributed by atoms with van der Waals surface area (Å²) in [5.41, 5.74) is 5.37. The molecule has 0 saturated heterocycles. The van der Waals surface area contributed by atoms with Crippen LogP contribution in [0.4, 0.5) is 0 Å². The predicted octanol–water partition coefficient (Wildman–Crippen LogP) is 1.28. The summed E-state index contributed by atoms with van der Waals surface area (Å²) >= 11 is 1.26. The summed E-state index contributed by atoms with van der Waals surface area (Å²) in [6.45, 7) is 0. The maximum Gasteiger partial charge on any atom is 0.353 e. The quantitative estimate of drug-likeness (QED) is 0.0882. The molecule has 5 rings (SSSR count). The summed E-state index contributed by atoms with van der Waals surface area (Å²) in [6.07, 6.45) is 12.7. The lowest BCUT2D eigenvalue weighted by molar-refractivity contribution is -0.159. The van der Waals surface area contributed by atoms with Crippen LogP contribution in [0.25, 0.3) is 0 Å². The third-order valence-electron chi connectivity index (χ3n) is 9.43. The molecule has 0 radical (unpaired) electrons. The zero-order valence-electron chi connectivity index (χ0n) is 26.2. The molecule has 1 aromatic heterocycles. The monoisotopic (exact) mass is 684 g/mol. The number of nitrogens with zero attached hydrogens (tertiary/aromatic N) is 1. The number of aliphatic hydroxyl groups excluding tert-OH is 1. The van der Waals surface area contributed by atoms with E-state index in [1.54, 1.807) is 12.4 Å². The smallest absolute Gasteiger partial charge is 0.353 e. The summed E-state index contributed by atoms with van der Waals surface area (Å²) in [4.78, 5) is 66.1. The highest BCUT2D eigenvalue weighted by Crippen LogP contribution is 2.60. The van der Waals surface area contributed by atoms with Gasteiger partial charge in [0.2, 0.25) is 23.8 Å². The molecule has 15 heteroatoms. The molecule has 8 N–H and O–H groups in total. The molecule has 2 amide bonds. The van der Waals surface area contributed by atoms with Gasteiger partial charge in [-0.05, 0) is 49.0 Å². The number of esters is 1. The van der Waals surface area contributed by atoms with Crippen LogP contribution >= 0.6 is 11.8 Å². The van der Waals surface area contributed by atoms with E-state index in [4.69, 9.17) is 20.7 Å². The van der Waals surface area contributed by atoms with E-state index in [0.29, 0.717) is 18.6 Å². The molecule has 6 atom stereocenters. The maximum absolute atomic E-state index is 13.5. The Morgan fingerprint density at radius 2 is 1.79 bits per heavy atom. The average molecular weight is 685 g/mol. The van der Waals surface area contributed by atoms with Crippen molar-refractivity contribution in [3.05, 3.63) is 65.2 Å². The van der Waals surface area contributed by atoms with Crippen molar-refractivity contribution >= 4 is 41.5 Å². The number of pyridine rings is 1. The number of hydrogen-bond donors (Lipinski definition) is 7. The number of thioether (sulfide) groups is 1. The van der Waals surface area contributed by atoms with E-state index in [2.05, 4.69) is 16.4 Å². The highest BCUT2D eigenvalue weighted by Gasteiger charge is 2.56. The van der Waals surface area contributed by atoms with Crippen LogP contribution in [0, 0.1) is 11.3 Å². The first-order chi connectivity index (χ1) is 22.8. The number of amides is 2. The van der Waals surface area contributed by atoms with E-state index in [-0.39, 0.29) is 11.7 Å². The summed E-state index contributed by atoms with van der Waals surface area (Å²) in [5, 5.41) is 42.2. The number of carboxylic acids is 2. The largest absolute Gasteiger partial charge is 0.478 e. The van der Waals surface area contributed by atoms with E-state index in [9.17, 15) is 34.2 Å². The molecule has 2 bridgehead atoms. The van der Waals surface area contributed by atoms with Gasteiger partial charge in [0.05, 0.1) is 4.75 Å². The number of carbonyl (C=O) groups is 5. The van der Waals surface area contributed by atoms with Crippen LogP contribution in [0.15, 0.2) is 59.7 Å². The number of aliphatic carboxylic acids is 2. The number of carbonyl (C=O) groups excluding carboxylic acids is 3. The molecule has 0 aromatic carbocycles. The molecular weight excluding hydrogens is 644 g/mol. The lowest BCUT2D eigenvalue weighted by Gasteiger charge is -2.45. The van der Waals surface area contributed by atoms with E-state index in [0.717, 1.165) is 55.2 Å². The van der Waals surface area contributed by atoms with Crippen molar-refractivity contribution in [2.75, 3.05) is 5.75 Å². The number of ether oxygens (including phenoxy) is 1. The van der Waals surface area contributed by atoms with Crippen molar-refractivity contribution in [1.82, 2.24) is 15.6 Å². The van der Waals surface area contributed by atoms with Crippen LogP contribution in [0.2, 0.25) is 0 Å². The molecule has 3 aliphatic carbocycles. The number of nitrogens with one attached hydrogen (secondary N) is 2. The molecule has 0 saturated carbocycles. The number of aromatic nitrogens is 1. The molecule has 1 spiro atoms. The van der Waals surface area contributed by atoms with E-state index in [1.165, 1.54) is 11.8 Å². The molecule has 6 unspecified atom stereocenters. The molecule has 258 valence electrons. The van der Waals surface area contributed by atoms with Gasteiger partial charge in [0, 0.05) is 36.4 Å². The third kappa shape index (κ3) is 7.48. The van der Waals surface area contributed by atoms with Gasteiger partial charge in [-0.1, -0.05) is 49.5 Å². The Morgan fingerprint density at radius 1 is 1.08 bits per heavy atom. The second-order valence-electron chi connectivity index (χ2n) is 12.9. The first-order valence-electron chi connectivity index (χ1n) is 15.9. The number of carboxylic acid groups (broad SMARTS) is 2. The second-order valence-corrected chi connectivity index (χ2v) is 14.2. The van der Waals surface area contributed by atoms with Gasteiger partial charge in [0.25, 0.3) is 0 Å². The minimum absolute atomic E-state index is 0.130. The van der Waals surface area contributed by atoms with Gasteiger partial charge in [-0.25, -0.2) is 9.59 Å². The number of hydrogen-bond acceptors (Lipinski definition) is 11. The van der Waals surface area contributed by atoms with Gasteiger partial charge in [-0.3, -0.25) is 25.1 Å². The van der Waals surface area contributed by atoms with Gasteiger partial charge in [-0.2, -0.15) is 0 Å². The number of aliphatic hydroxyl groups is 2. The molecule has 14 nitrogen and oxygen atoms in total. The zero-order valence-corrected chi connectivity index (χ0v) is 27.0. The summed E-state index contributed by atoms with van der Waals surface area (Å²) in [6, 6.07) is 2.52. The van der Waals surface area contributed by atoms with Crippen LogP contribution in [0.3, 0.4) is 0 Å². The Hall–Kier alpha value is -4.05. The van der Waals surface area contributed by atoms with E-state index in [1.807, 2.05) is 29.6 Å². The van der Waals surface area contributed by atoms with Crippen LogP contribution in [0.1, 0.15) is 63.4 Å². The highest BCUT2D eigenvalue weighted by atomic mass is 32.2. The van der Waals surface area contributed by atoms with Crippen molar-refractivity contribution in [1.29, 1.82) is 0 Å². The lowest BCUT2D eigenvalue weighted by Crippen LogP contribution is -2.54. The van der Waals surface area contributed by atoms with Gasteiger partial charge >= 0.3 is 17.9 Å². The number of nitrogens with two attached hydrogens (primary N) is 1. The van der Waals surface area contributed by atoms with Crippen molar-refractivity contribution in [2.24, 2.45) is 17.1 Å². The number of fused-ring (bicyclic) bond motifs is 2. The molecule has 0 fully saturated rings. The standard InChI is InChI=1S/C33H40N4O10S/c34-33(46,30(44)45)10-5-23(38)36-22(26(39)37-27(40)28(41)42)18-48-32-9-4-2-1-3-8-31(11-12-32)17-20(15-19-6-13-35-14-7-19)16-21-24(31)25(32)47-29(21)43/h6-7,11-14,16,21-22,27,40,46H,1-5,8-10,15,17-18,34H2,(H,36,38)(H,37,39)(H,41,42)(H,44,45). The lowest BCUT2D eigenvalue weighted by atomic mass is 9.60. The third-order valence-corrected chi connectivity index (χ3v) is 11.0. The van der Waals surface area contributed by atoms with Crippen LogP contribution in [-0.2, 0) is 35.1 Å². The molecule has 48 heavy (non-hydrogen) atoms. The normalized spacial score (nSPS) is 27.1. The van der Waals surface area contributed by atoms with Gasteiger partial charge in [0.1, 0.15) is 17.7 Å². The first kappa shape index (κ1) is 35.3. The molecule has 1 aliphatic heterocycles. The molecular formula is C33H40N4O10S. The Balaban J connectivity index is 1.44. The molecule has 1 aromatic rings. The average Bonchev–Trinajstić information content (AvgIpc) is 3.39. The van der Waals surface area contributed by atoms with Crippen LogP contribution in [0.5, 0.6) is 0 Å². The Bertz CT molecular complexity index is 1560. The first-order valence-corrected chi connectivity index (χ1v) is 16.9. The summed E-state index contributed by atoms with van der Waals surface area (Å²) in [5.74, 6) is -5.81. The predicted molar refractivity (Wildman–Crippen MR) is 171 cm³/mol. The fourth-order valence-corrected chi connectivity index (χ4v) is 8.37. The van der Waals surface area contributed by atoms with Crippen molar-refractivity contribution < 1.29 is 49.1 Å². The number of allylic oxidation sites excluding steroid dienone is 2. The second kappa shape index (κ2) is 14.2. The number of rotatable bonds is 13. The van der Waals surface area contributed by atoms with Gasteiger partial charge in [-0.15, -0.1) is 11.8 Å². The Morgan fingerprint density at radius 3 is 2.48 bits per heavy atom. The topological polar surface area (TPSA) is 238 Å². The van der Waals surface area contributed by atoms with E-state index >= 15 is 0 Å². The van der Waals surface area contributed by atoms with Gasteiger partial charge in [0.15, 0.2) is 0 Å². The van der Waals surface area contributed by atoms with Crippen LogP contribution < -0.4 is 16.4 Å². The van der Waals surface area contributed by atoms with Crippen molar-refractivity contribution in [2.45, 2.75) is 86.9 Å². The minimum Gasteiger partial charge on any atom is -0.478 e. The van der Waals surface area contributed by atoms with E-state index < -0.39 is 70.7 Å². The van der Waals surface area contributed by atoms with Crippen LogP contribution in [-0.4, -0.2) is 83.6 Å². The summed E-state index contributed by atoms with van der Waals surface area (Å²) < 4.78 is 5.24. The Labute approximate surface area is 280 Å². The van der Waals surface area contributed by atoms with Crippen molar-refractivity contribution in [3.8, 4) is 0 Å².